The summed E-state index contributed by atoms with van der Waals surface area (Å²) in [5.41, 5.74) is 1.90. The molecule has 0 fully saturated rings. The van der Waals surface area contributed by atoms with E-state index in [1.54, 1.807) is 17.9 Å². The second-order valence-electron chi connectivity index (χ2n) is 6.49. The number of benzene rings is 1. The Morgan fingerprint density at radius 2 is 1.91 bits per heavy atom. The first-order valence-electron chi connectivity index (χ1n) is 7.88. The Morgan fingerprint density at radius 3 is 2.43 bits per heavy atom. The third kappa shape index (κ3) is 3.79. The number of nitrogens with zero attached hydrogens (tertiary/aromatic N) is 2. The van der Waals surface area contributed by atoms with Crippen molar-refractivity contribution in [1.29, 1.82) is 0 Å². The fourth-order valence-corrected chi connectivity index (χ4v) is 2.63. The van der Waals surface area contributed by atoms with Crippen LogP contribution in [0, 0.1) is 0 Å². The average molecular weight is 314 g/mol. The van der Waals surface area contributed by atoms with Gasteiger partial charge in [0.15, 0.2) is 0 Å². The van der Waals surface area contributed by atoms with Crippen molar-refractivity contribution < 1.29 is 4.79 Å². The maximum Gasteiger partial charge on any atom is 0.242 e. The van der Waals surface area contributed by atoms with E-state index in [1.807, 2.05) is 38.4 Å². The molecule has 23 heavy (non-hydrogen) atoms. The summed E-state index contributed by atoms with van der Waals surface area (Å²) in [5.74, 6) is -0.0444. The second kappa shape index (κ2) is 6.96. The van der Waals surface area contributed by atoms with Crippen LogP contribution in [0.4, 0.5) is 0 Å². The Kier molecular flexibility index (Phi) is 5.21. The van der Waals surface area contributed by atoms with E-state index in [4.69, 9.17) is 0 Å². The molecule has 0 saturated heterocycles. The molecule has 0 saturated carbocycles. The lowest BCUT2D eigenvalue weighted by Gasteiger charge is -2.34. The van der Waals surface area contributed by atoms with Crippen LogP contribution in [0.3, 0.4) is 0 Å². The number of aryl methyl sites for hydroxylation is 1. The van der Waals surface area contributed by atoms with Crippen LogP contribution >= 0.6 is 0 Å². The molecule has 1 aromatic carbocycles. The summed E-state index contributed by atoms with van der Waals surface area (Å²) < 4.78 is 1.70. The van der Waals surface area contributed by atoms with Gasteiger partial charge in [-0.15, -0.1) is 0 Å². The van der Waals surface area contributed by atoms with Gasteiger partial charge in [0, 0.05) is 30.3 Å². The van der Waals surface area contributed by atoms with E-state index in [1.165, 1.54) is 5.56 Å². The van der Waals surface area contributed by atoms with Gasteiger partial charge in [0.1, 0.15) is 6.04 Å². The number of hydrogen-bond acceptors (Lipinski definition) is 3. The van der Waals surface area contributed by atoms with Crippen LogP contribution in [-0.2, 0) is 17.3 Å². The number of carbonyl (C=O) groups is 1. The SMILES string of the molecule is CNC(C(=O)NC(C)C(C)(C)c1ccccc1)c1cnn(C)c1. The zero-order chi connectivity index (χ0) is 17.0. The summed E-state index contributed by atoms with van der Waals surface area (Å²) in [6.07, 6.45) is 3.57. The zero-order valence-corrected chi connectivity index (χ0v) is 14.5. The van der Waals surface area contributed by atoms with Gasteiger partial charge in [0.25, 0.3) is 0 Å². The van der Waals surface area contributed by atoms with Gasteiger partial charge < -0.3 is 10.6 Å². The fraction of sp³-hybridized carbons (Fsp3) is 0.444. The number of amides is 1. The number of rotatable bonds is 6. The van der Waals surface area contributed by atoms with Crippen molar-refractivity contribution in [1.82, 2.24) is 20.4 Å². The molecule has 2 atom stereocenters. The monoisotopic (exact) mass is 314 g/mol. The van der Waals surface area contributed by atoms with E-state index in [-0.39, 0.29) is 17.4 Å². The van der Waals surface area contributed by atoms with Gasteiger partial charge in [-0.25, -0.2) is 0 Å². The van der Waals surface area contributed by atoms with Gasteiger partial charge in [0.05, 0.1) is 6.20 Å². The van der Waals surface area contributed by atoms with Crippen molar-refractivity contribution in [2.45, 2.75) is 38.3 Å². The minimum Gasteiger partial charge on any atom is -0.351 e. The third-order valence-electron chi connectivity index (χ3n) is 4.57. The first-order valence-corrected chi connectivity index (χ1v) is 7.88. The lowest BCUT2D eigenvalue weighted by atomic mass is 9.78. The smallest absolute Gasteiger partial charge is 0.242 e. The van der Waals surface area contributed by atoms with Crippen molar-refractivity contribution in [3.05, 3.63) is 53.9 Å². The van der Waals surface area contributed by atoms with Gasteiger partial charge in [-0.3, -0.25) is 9.48 Å². The Bertz CT molecular complexity index is 648. The van der Waals surface area contributed by atoms with E-state index in [2.05, 4.69) is 41.7 Å². The molecule has 1 aromatic heterocycles. The highest BCUT2D eigenvalue weighted by Gasteiger charge is 2.31. The molecule has 0 radical (unpaired) electrons. The molecule has 5 heteroatoms. The highest BCUT2D eigenvalue weighted by Crippen LogP contribution is 2.27. The van der Waals surface area contributed by atoms with Gasteiger partial charge in [-0.1, -0.05) is 44.2 Å². The molecule has 5 nitrogen and oxygen atoms in total. The van der Waals surface area contributed by atoms with Gasteiger partial charge >= 0.3 is 0 Å². The number of hydrogen-bond donors (Lipinski definition) is 2. The second-order valence-corrected chi connectivity index (χ2v) is 6.49. The van der Waals surface area contributed by atoms with Crippen molar-refractivity contribution >= 4 is 5.91 Å². The first kappa shape index (κ1) is 17.2. The predicted octanol–water partition coefficient (Wildman–Crippen LogP) is 2.16. The minimum absolute atomic E-state index is 0.00933. The van der Waals surface area contributed by atoms with E-state index in [0.717, 1.165) is 5.56 Å². The molecule has 0 aliphatic rings. The van der Waals surface area contributed by atoms with Gasteiger partial charge in [-0.2, -0.15) is 5.10 Å². The molecular weight excluding hydrogens is 288 g/mol. The minimum atomic E-state index is -0.405. The largest absolute Gasteiger partial charge is 0.351 e. The number of likely N-dealkylation sites (N-methyl/N-ethyl adjacent to an activating group) is 1. The van der Waals surface area contributed by atoms with E-state index >= 15 is 0 Å². The van der Waals surface area contributed by atoms with Crippen LogP contribution in [0.25, 0.3) is 0 Å². The standard InChI is InChI=1S/C18H26N4O/c1-13(18(2,3)15-9-7-6-8-10-15)21-17(23)16(19-4)14-11-20-22(5)12-14/h6-13,16,19H,1-5H3,(H,21,23). The molecule has 1 amide bonds. The molecule has 0 aliphatic carbocycles. The van der Waals surface area contributed by atoms with Crippen LogP contribution in [0.1, 0.15) is 37.9 Å². The van der Waals surface area contributed by atoms with E-state index in [9.17, 15) is 4.79 Å². The molecule has 2 aromatic rings. The molecule has 0 aliphatic heterocycles. The number of nitrogens with one attached hydrogen (secondary N) is 2. The van der Waals surface area contributed by atoms with Crippen LogP contribution < -0.4 is 10.6 Å². The zero-order valence-electron chi connectivity index (χ0n) is 14.5. The highest BCUT2D eigenvalue weighted by atomic mass is 16.2. The molecule has 2 N–H and O–H groups in total. The molecule has 0 spiro atoms. The normalized spacial score (nSPS) is 14.3. The Labute approximate surface area is 138 Å². The van der Waals surface area contributed by atoms with E-state index in [0.29, 0.717) is 0 Å². The van der Waals surface area contributed by atoms with Crippen molar-refractivity contribution in [3.8, 4) is 0 Å². The predicted molar refractivity (Wildman–Crippen MR) is 92.1 cm³/mol. The highest BCUT2D eigenvalue weighted by molar-refractivity contribution is 5.83. The summed E-state index contributed by atoms with van der Waals surface area (Å²) in [6, 6.07) is 9.83. The molecular formula is C18H26N4O. The lowest BCUT2D eigenvalue weighted by Crippen LogP contribution is -2.48. The summed E-state index contributed by atoms with van der Waals surface area (Å²) in [6.45, 7) is 6.33. The molecule has 1 heterocycles. The van der Waals surface area contributed by atoms with Crippen LogP contribution in [-0.4, -0.2) is 28.8 Å². The van der Waals surface area contributed by atoms with Crippen LogP contribution in [0.2, 0.25) is 0 Å². The summed E-state index contributed by atoms with van der Waals surface area (Å²) >= 11 is 0. The molecule has 0 bridgehead atoms. The molecule has 2 unspecified atom stereocenters. The summed E-state index contributed by atoms with van der Waals surface area (Å²) in [4.78, 5) is 12.7. The average Bonchev–Trinajstić information content (AvgIpc) is 2.95. The summed E-state index contributed by atoms with van der Waals surface area (Å²) in [5, 5.41) is 10.3. The first-order chi connectivity index (χ1) is 10.9. The van der Waals surface area contributed by atoms with Crippen LogP contribution in [0.15, 0.2) is 42.7 Å². The number of aromatic nitrogens is 2. The lowest BCUT2D eigenvalue weighted by molar-refractivity contribution is -0.124. The van der Waals surface area contributed by atoms with Crippen molar-refractivity contribution in [2.24, 2.45) is 7.05 Å². The molecule has 124 valence electrons. The molecule has 2 rings (SSSR count). The van der Waals surface area contributed by atoms with Gasteiger partial charge in [-0.05, 0) is 19.5 Å². The van der Waals surface area contributed by atoms with Crippen molar-refractivity contribution in [2.75, 3.05) is 7.05 Å². The van der Waals surface area contributed by atoms with Crippen molar-refractivity contribution in [3.63, 3.8) is 0 Å². The third-order valence-corrected chi connectivity index (χ3v) is 4.57. The Hall–Kier alpha value is -2.14. The maximum absolute atomic E-state index is 12.7. The fourth-order valence-electron chi connectivity index (χ4n) is 2.63. The maximum atomic E-state index is 12.7. The quantitative estimate of drug-likeness (QED) is 0.859. The Morgan fingerprint density at radius 1 is 1.26 bits per heavy atom. The Balaban J connectivity index is 2.12. The van der Waals surface area contributed by atoms with Crippen LogP contribution in [0.5, 0.6) is 0 Å². The van der Waals surface area contributed by atoms with E-state index < -0.39 is 6.04 Å². The van der Waals surface area contributed by atoms with Gasteiger partial charge in [0.2, 0.25) is 5.91 Å². The summed E-state index contributed by atoms with van der Waals surface area (Å²) in [7, 11) is 3.62. The number of carbonyl (C=O) groups excluding carboxylic acids is 1. The topological polar surface area (TPSA) is 59.0 Å².